The van der Waals surface area contributed by atoms with E-state index < -0.39 is 8.32 Å². The van der Waals surface area contributed by atoms with Crippen LogP contribution < -0.4 is 5.73 Å². The second kappa shape index (κ2) is 7.68. The van der Waals surface area contributed by atoms with E-state index in [1.165, 1.54) is 12.1 Å². The zero-order valence-corrected chi connectivity index (χ0v) is 15.7. The molecular weight excluding hydrogens is 297 g/mol. The first-order valence-electron chi connectivity index (χ1n) is 7.85. The molecule has 1 aromatic rings. The Bertz CT molecular complexity index is 457. The molecule has 5 heteroatoms. The molecule has 1 aromatic carbocycles. The van der Waals surface area contributed by atoms with E-state index >= 15 is 0 Å². The molecule has 2 N–H and O–H groups in total. The Labute approximate surface area is 135 Å². The molecule has 0 aromatic heterocycles. The summed E-state index contributed by atoms with van der Waals surface area (Å²) in [7, 11) is -1.84. The number of rotatable bonds is 7. The fourth-order valence-electron chi connectivity index (χ4n) is 1.91. The van der Waals surface area contributed by atoms with Crippen LogP contribution in [0.3, 0.4) is 0 Å². The Morgan fingerprint density at radius 2 is 1.73 bits per heavy atom. The van der Waals surface area contributed by atoms with E-state index in [0.717, 1.165) is 5.56 Å². The summed E-state index contributed by atoms with van der Waals surface area (Å²) in [4.78, 5) is 0. The molecule has 0 aliphatic carbocycles. The van der Waals surface area contributed by atoms with Gasteiger partial charge in [0.15, 0.2) is 8.32 Å². The number of hydrogen-bond acceptors (Lipinski definition) is 3. The van der Waals surface area contributed by atoms with E-state index in [1.54, 1.807) is 12.1 Å². The molecule has 0 amide bonds. The highest BCUT2D eigenvalue weighted by Crippen LogP contribution is 2.37. The van der Waals surface area contributed by atoms with Crippen LogP contribution in [0.1, 0.15) is 39.4 Å². The van der Waals surface area contributed by atoms with Gasteiger partial charge >= 0.3 is 0 Å². The summed E-state index contributed by atoms with van der Waals surface area (Å²) in [5.41, 5.74) is 7.19. The van der Waals surface area contributed by atoms with Crippen molar-refractivity contribution in [2.45, 2.75) is 58.0 Å². The molecule has 2 atom stereocenters. The van der Waals surface area contributed by atoms with Crippen molar-refractivity contribution in [1.82, 2.24) is 0 Å². The highest BCUT2D eigenvalue weighted by Gasteiger charge is 2.38. The van der Waals surface area contributed by atoms with Gasteiger partial charge in [0.1, 0.15) is 5.82 Å². The van der Waals surface area contributed by atoms with Crippen molar-refractivity contribution in [3.05, 3.63) is 35.6 Å². The first-order valence-corrected chi connectivity index (χ1v) is 10.8. The van der Waals surface area contributed by atoms with Gasteiger partial charge in [0.2, 0.25) is 0 Å². The van der Waals surface area contributed by atoms with Gasteiger partial charge in [0.05, 0.1) is 18.8 Å². The summed E-state index contributed by atoms with van der Waals surface area (Å²) in [6.45, 7) is 13.9. The summed E-state index contributed by atoms with van der Waals surface area (Å²) >= 11 is 0. The molecule has 0 fully saturated rings. The third-order valence-corrected chi connectivity index (χ3v) is 8.88. The van der Waals surface area contributed by atoms with Crippen molar-refractivity contribution in [3.8, 4) is 0 Å². The number of halogens is 1. The fourth-order valence-corrected chi connectivity index (χ4v) is 2.95. The van der Waals surface area contributed by atoms with Gasteiger partial charge in [0, 0.05) is 6.61 Å². The lowest BCUT2D eigenvalue weighted by Crippen LogP contribution is -2.45. The predicted octanol–water partition coefficient (Wildman–Crippen LogP) is 4.25. The average Bonchev–Trinajstić information content (AvgIpc) is 2.42. The van der Waals surface area contributed by atoms with Gasteiger partial charge in [-0.05, 0) is 42.8 Å². The maximum absolute atomic E-state index is 13.1. The first-order chi connectivity index (χ1) is 10.1. The number of nitrogens with two attached hydrogens (primary N) is 1. The molecule has 0 saturated heterocycles. The van der Waals surface area contributed by atoms with Gasteiger partial charge in [-0.1, -0.05) is 32.9 Å². The van der Waals surface area contributed by atoms with Crippen LogP contribution in [0.4, 0.5) is 4.39 Å². The summed E-state index contributed by atoms with van der Waals surface area (Å²) < 4.78 is 25.0. The van der Waals surface area contributed by atoms with E-state index in [2.05, 4.69) is 33.9 Å². The van der Waals surface area contributed by atoms with E-state index in [-0.39, 0.29) is 23.0 Å². The van der Waals surface area contributed by atoms with Crippen molar-refractivity contribution in [2.75, 3.05) is 13.2 Å². The van der Waals surface area contributed by atoms with Crippen LogP contribution in [0.5, 0.6) is 0 Å². The molecule has 22 heavy (non-hydrogen) atoms. The maximum atomic E-state index is 13.1. The molecule has 0 aliphatic rings. The molecule has 0 heterocycles. The van der Waals surface area contributed by atoms with Crippen molar-refractivity contribution in [2.24, 2.45) is 5.73 Å². The topological polar surface area (TPSA) is 44.5 Å². The molecular formula is C17H30FNO2Si. The van der Waals surface area contributed by atoms with E-state index in [1.807, 2.05) is 6.92 Å². The van der Waals surface area contributed by atoms with Crippen LogP contribution in [0, 0.1) is 5.82 Å². The van der Waals surface area contributed by atoms with Crippen molar-refractivity contribution >= 4 is 8.32 Å². The van der Waals surface area contributed by atoms with Gasteiger partial charge in [0.25, 0.3) is 0 Å². The summed E-state index contributed by atoms with van der Waals surface area (Å²) in [5, 5.41) is 0.143. The van der Waals surface area contributed by atoms with Crippen molar-refractivity contribution in [3.63, 3.8) is 0 Å². The fraction of sp³-hybridized carbons (Fsp3) is 0.647. The number of ether oxygens (including phenoxy) is 1. The second-order valence-electron chi connectivity index (χ2n) is 7.16. The molecule has 0 bridgehead atoms. The lowest BCUT2D eigenvalue weighted by Gasteiger charge is -2.37. The number of hydrogen-bond donors (Lipinski definition) is 1. The maximum Gasteiger partial charge on any atom is 0.192 e. The van der Waals surface area contributed by atoms with Gasteiger partial charge in [-0.3, -0.25) is 0 Å². The van der Waals surface area contributed by atoms with E-state index in [0.29, 0.717) is 13.2 Å². The van der Waals surface area contributed by atoms with Crippen molar-refractivity contribution < 1.29 is 13.6 Å². The lowest BCUT2D eigenvalue weighted by molar-refractivity contribution is 0.0292. The van der Waals surface area contributed by atoms with Gasteiger partial charge in [-0.25, -0.2) is 4.39 Å². The van der Waals surface area contributed by atoms with Crippen LogP contribution in [0.15, 0.2) is 24.3 Å². The van der Waals surface area contributed by atoms with E-state index in [4.69, 9.17) is 14.9 Å². The quantitative estimate of drug-likeness (QED) is 0.761. The SMILES string of the molecule is CCO[C@@H](c1ccc(F)cc1)[C@@H](N)CO[Si](C)(C)C(C)(C)C. The van der Waals surface area contributed by atoms with Gasteiger partial charge < -0.3 is 14.9 Å². The molecule has 1 rings (SSSR count). The minimum atomic E-state index is -1.84. The monoisotopic (exact) mass is 327 g/mol. The van der Waals surface area contributed by atoms with Crippen LogP contribution in [0.25, 0.3) is 0 Å². The molecule has 3 nitrogen and oxygen atoms in total. The molecule has 0 saturated carbocycles. The second-order valence-corrected chi connectivity index (χ2v) is 12.0. The van der Waals surface area contributed by atoms with Crippen LogP contribution >= 0.6 is 0 Å². The Morgan fingerprint density at radius 3 is 2.18 bits per heavy atom. The van der Waals surface area contributed by atoms with Crippen LogP contribution in [-0.4, -0.2) is 27.6 Å². The minimum Gasteiger partial charge on any atom is -0.415 e. The Kier molecular flexibility index (Phi) is 6.74. The van der Waals surface area contributed by atoms with Crippen molar-refractivity contribution in [1.29, 1.82) is 0 Å². The molecule has 0 radical (unpaired) electrons. The standard InChI is InChI=1S/C17H30FNO2Si/c1-7-20-16(13-8-10-14(18)11-9-13)15(19)12-21-22(5,6)17(2,3)4/h8-11,15-16H,7,12,19H2,1-6H3/t15-,16-/m0/s1. The smallest absolute Gasteiger partial charge is 0.192 e. The van der Waals surface area contributed by atoms with Crippen LogP contribution in [-0.2, 0) is 9.16 Å². The normalized spacial score (nSPS) is 15.6. The third-order valence-electron chi connectivity index (χ3n) is 4.38. The molecule has 0 spiro atoms. The zero-order valence-electron chi connectivity index (χ0n) is 14.7. The molecule has 0 aliphatic heterocycles. The number of benzene rings is 1. The highest BCUT2D eigenvalue weighted by molar-refractivity contribution is 6.74. The van der Waals surface area contributed by atoms with E-state index in [9.17, 15) is 4.39 Å². The Balaban J connectivity index is 2.78. The third kappa shape index (κ3) is 5.16. The summed E-state index contributed by atoms with van der Waals surface area (Å²) in [6, 6.07) is 6.04. The minimum absolute atomic E-state index is 0.143. The largest absolute Gasteiger partial charge is 0.415 e. The lowest BCUT2D eigenvalue weighted by atomic mass is 10.0. The Hall–Kier alpha value is -0.753. The Morgan fingerprint density at radius 1 is 1.18 bits per heavy atom. The summed E-state index contributed by atoms with van der Waals surface area (Å²) in [6.07, 6.45) is -0.282. The average molecular weight is 328 g/mol. The molecule has 0 unspecified atom stereocenters. The van der Waals surface area contributed by atoms with Gasteiger partial charge in [-0.2, -0.15) is 0 Å². The highest BCUT2D eigenvalue weighted by atomic mass is 28.4. The predicted molar refractivity (Wildman–Crippen MR) is 91.9 cm³/mol. The van der Waals surface area contributed by atoms with Gasteiger partial charge in [-0.15, -0.1) is 0 Å². The van der Waals surface area contributed by atoms with Crippen LogP contribution in [0.2, 0.25) is 18.1 Å². The first kappa shape index (κ1) is 19.3. The summed E-state index contributed by atoms with van der Waals surface area (Å²) in [5.74, 6) is -0.259. The molecule has 126 valence electrons. The zero-order chi connectivity index (χ0) is 17.0.